The van der Waals surface area contributed by atoms with E-state index in [0.29, 0.717) is 6.04 Å². The van der Waals surface area contributed by atoms with E-state index in [-0.39, 0.29) is 0 Å². The Balaban J connectivity index is 2.40. The first-order chi connectivity index (χ1) is 9.81. The van der Waals surface area contributed by atoms with E-state index in [1.54, 1.807) is 0 Å². The number of hydrogen-bond acceptors (Lipinski definition) is 3. The van der Waals surface area contributed by atoms with E-state index in [9.17, 15) is 0 Å². The van der Waals surface area contributed by atoms with Crippen molar-refractivity contribution in [2.24, 2.45) is 0 Å². The second-order valence-corrected chi connectivity index (χ2v) is 6.19. The molecule has 2 nitrogen and oxygen atoms in total. The highest BCUT2D eigenvalue weighted by atomic mass is 32.2. The third kappa shape index (κ3) is 6.67. The molecule has 1 unspecified atom stereocenters. The van der Waals surface area contributed by atoms with Gasteiger partial charge in [0.05, 0.1) is 6.61 Å². The first-order valence-electron chi connectivity index (χ1n) is 7.79. The van der Waals surface area contributed by atoms with E-state index in [2.05, 4.69) is 43.4 Å². The van der Waals surface area contributed by atoms with E-state index in [1.807, 2.05) is 18.8 Å². The molecule has 3 heteroatoms. The van der Waals surface area contributed by atoms with Crippen LogP contribution >= 0.6 is 11.8 Å². The molecule has 0 aliphatic heterocycles. The quantitative estimate of drug-likeness (QED) is 0.600. The Morgan fingerprint density at radius 2 is 1.85 bits per heavy atom. The van der Waals surface area contributed by atoms with Crippen LogP contribution in [0, 0.1) is 0 Å². The average molecular weight is 295 g/mol. The van der Waals surface area contributed by atoms with Crippen molar-refractivity contribution >= 4 is 11.8 Å². The second kappa shape index (κ2) is 11.0. The Morgan fingerprint density at radius 3 is 2.45 bits per heavy atom. The Kier molecular flexibility index (Phi) is 9.60. The predicted molar refractivity (Wildman–Crippen MR) is 90.9 cm³/mol. The van der Waals surface area contributed by atoms with Crippen LogP contribution in [0.5, 0.6) is 5.75 Å². The number of benzene rings is 1. The largest absolute Gasteiger partial charge is 0.494 e. The van der Waals surface area contributed by atoms with Crippen molar-refractivity contribution in [2.45, 2.75) is 45.6 Å². The molecule has 0 aliphatic rings. The molecule has 0 aliphatic carbocycles. The van der Waals surface area contributed by atoms with E-state index in [0.717, 1.165) is 24.5 Å². The standard InChI is InChI=1S/C17H29NOS/c1-4-6-7-13-20-14-17(18-3)15-8-10-16(11-9-15)19-12-5-2/h8-11,17-18H,4-7,12-14H2,1-3H3. The van der Waals surface area contributed by atoms with Crippen molar-refractivity contribution < 1.29 is 4.74 Å². The Labute approximate surface area is 128 Å². The lowest BCUT2D eigenvalue weighted by Gasteiger charge is -2.17. The summed E-state index contributed by atoms with van der Waals surface area (Å²) in [6, 6.07) is 8.95. The summed E-state index contributed by atoms with van der Waals surface area (Å²) in [5.74, 6) is 3.38. The molecule has 114 valence electrons. The number of ether oxygens (including phenoxy) is 1. The van der Waals surface area contributed by atoms with Crippen LogP contribution in [0.3, 0.4) is 0 Å². The number of thioether (sulfide) groups is 1. The molecule has 0 bridgehead atoms. The van der Waals surface area contributed by atoms with Gasteiger partial charge in [0.2, 0.25) is 0 Å². The maximum absolute atomic E-state index is 5.62. The van der Waals surface area contributed by atoms with Gasteiger partial charge in [-0.1, -0.05) is 38.8 Å². The summed E-state index contributed by atoms with van der Waals surface area (Å²) in [5.41, 5.74) is 1.35. The van der Waals surface area contributed by atoms with Gasteiger partial charge in [-0.25, -0.2) is 0 Å². The fourth-order valence-electron chi connectivity index (χ4n) is 2.02. The molecule has 1 atom stereocenters. The zero-order chi connectivity index (χ0) is 14.6. The zero-order valence-electron chi connectivity index (χ0n) is 13.2. The molecule has 0 spiro atoms. The highest BCUT2D eigenvalue weighted by molar-refractivity contribution is 7.99. The minimum absolute atomic E-state index is 0.432. The first-order valence-corrected chi connectivity index (χ1v) is 8.95. The number of nitrogens with one attached hydrogen (secondary N) is 1. The van der Waals surface area contributed by atoms with E-state index < -0.39 is 0 Å². The Hall–Kier alpha value is -0.670. The maximum atomic E-state index is 5.62. The van der Waals surface area contributed by atoms with Crippen LogP contribution < -0.4 is 10.1 Å². The smallest absolute Gasteiger partial charge is 0.119 e. The second-order valence-electron chi connectivity index (χ2n) is 5.04. The number of rotatable bonds is 11. The SMILES string of the molecule is CCCCCSCC(NC)c1ccc(OCCC)cc1. The summed E-state index contributed by atoms with van der Waals surface area (Å²) < 4.78 is 5.62. The number of hydrogen-bond donors (Lipinski definition) is 1. The fourth-order valence-corrected chi connectivity index (χ4v) is 3.19. The molecule has 1 aromatic carbocycles. The van der Waals surface area contributed by atoms with Crippen molar-refractivity contribution in [3.63, 3.8) is 0 Å². The number of unbranched alkanes of at least 4 members (excludes halogenated alkanes) is 2. The normalized spacial score (nSPS) is 12.3. The van der Waals surface area contributed by atoms with Crippen LogP contribution in [0.15, 0.2) is 24.3 Å². The zero-order valence-corrected chi connectivity index (χ0v) is 14.0. The van der Waals surface area contributed by atoms with Gasteiger partial charge in [-0.2, -0.15) is 11.8 Å². The van der Waals surface area contributed by atoms with Crippen molar-refractivity contribution in [3.05, 3.63) is 29.8 Å². The minimum Gasteiger partial charge on any atom is -0.494 e. The summed E-state index contributed by atoms with van der Waals surface area (Å²) >= 11 is 2.05. The molecule has 0 fully saturated rings. The Morgan fingerprint density at radius 1 is 1.10 bits per heavy atom. The fraction of sp³-hybridized carbons (Fsp3) is 0.647. The molecule has 0 radical (unpaired) electrons. The van der Waals surface area contributed by atoms with Crippen molar-refractivity contribution in [1.29, 1.82) is 0 Å². The minimum atomic E-state index is 0.432. The van der Waals surface area contributed by atoms with Gasteiger partial charge in [-0.3, -0.25) is 0 Å². The van der Waals surface area contributed by atoms with Crippen molar-refractivity contribution in [1.82, 2.24) is 5.32 Å². The third-order valence-electron chi connectivity index (χ3n) is 3.28. The van der Waals surface area contributed by atoms with E-state index in [1.165, 1.54) is 30.6 Å². The van der Waals surface area contributed by atoms with Gasteiger partial charge in [0.25, 0.3) is 0 Å². The lowest BCUT2D eigenvalue weighted by atomic mass is 10.1. The molecule has 1 rings (SSSR count). The van der Waals surface area contributed by atoms with Gasteiger partial charge >= 0.3 is 0 Å². The van der Waals surface area contributed by atoms with E-state index >= 15 is 0 Å². The van der Waals surface area contributed by atoms with Crippen molar-refractivity contribution in [2.75, 3.05) is 25.2 Å². The average Bonchev–Trinajstić information content (AvgIpc) is 2.49. The molecule has 0 saturated carbocycles. The molecule has 0 heterocycles. The lowest BCUT2D eigenvalue weighted by molar-refractivity contribution is 0.317. The highest BCUT2D eigenvalue weighted by Gasteiger charge is 2.09. The molecule has 1 aromatic rings. The van der Waals surface area contributed by atoms with Gasteiger partial charge in [0, 0.05) is 11.8 Å². The Bertz CT molecular complexity index is 339. The summed E-state index contributed by atoms with van der Waals surface area (Å²) in [6.45, 7) is 5.17. The van der Waals surface area contributed by atoms with Gasteiger partial charge in [-0.05, 0) is 43.3 Å². The van der Waals surface area contributed by atoms with Crippen LogP contribution in [0.1, 0.15) is 51.1 Å². The molecule has 0 aromatic heterocycles. The molecule has 0 saturated heterocycles. The van der Waals surface area contributed by atoms with Crippen LogP contribution in [0.4, 0.5) is 0 Å². The van der Waals surface area contributed by atoms with Gasteiger partial charge in [-0.15, -0.1) is 0 Å². The third-order valence-corrected chi connectivity index (χ3v) is 4.43. The van der Waals surface area contributed by atoms with E-state index in [4.69, 9.17) is 4.74 Å². The maximum Gasteiger partial charge on any atom is 0.119 e. The van der Waals surface area contributed by atoms with Gasteiger partial charge in [0.1, 0.15) is 5.75 Å². The summed E-state index contributed by atoms with van der Waals surface area (Å²) in [7, 11) is 2.04. The monoisotopic (exact) mass is 295 g/mol. The lowest BCUT2D eigenvalue weighted by Crippen LogP contribution is -2.18. The highest BCUT2D eigenvalue weighted by Crippen LogP contribution is 2.22. The summed E-state index contributed by atoms with van der Waals surface area (Å²) in [5, 5.41) is 3.41. The van der Waals surface area contributed by atoms with Gasteiger partial charge < -0.3 is 10.1 Å². The first kappa shape index (κ1) is 17.4. The van der Waals surface area contributed by atoms with Gasteiger partial charge in [0.15, 0.2) is 0 Å². The van der Waals surface area contributed by atoms with Crippen LogP contribution in [0.2, 0.25) is 0 Å². The molecule has 1 N–H and O–H groups in total. The summed E-state index contributed by atoms with van der Waals surface area (Å²) in [4.78, 5) is 0. The van der Waals surface area contributed by atoms with Crippen LogP contribution in [-0.4, -0.2) is 25.2 Å². The molecular weight excluding hydrogens is 266 g/mol. The van der Waals surface area contributed by atoms with Crippen molar-refractivity contribution in [3.8, 4) is 5.75 Å². The predicted octanol–water partition coefficient (Wildman–Crippen LogP) is 4.66. The molecule has 0 amide bonds. The van der Waals surface area contributed by atoms with Crippen LogP contribution in [-0.2, 0) is 0 Å². The topological polar surface area (TPSA) is 21.3 Å². The summed E-state index contributed by atoms with van der Waals surface area (Å²) in [6.07, 6.45) is 5.03. The van der Waals surface area contributed by atoms with Crippen LogP contribution in [0.25, 0.3) is 0 Å². The molecular formula is C17H29NOS. The molecule has 20 heavy (non-hydrogen) atoms.